The van der Waals surface area contributed by atoms with Crippen LogP contribution in [-0.4, -0.2) is 11.0 Å². The van der Waals surface area contributed by atoms with E-state index in [-0.39, 0.29) is 46.9 Å². The molecule has 1 aliphatic rings. The van der Waals surface area contributed by atoms with E-state index >= 15 is 0 Å². The van der Waals surface area contributed by atoms with Gasteiger partial charge in [0, 0.05) is 52.5 Å². The fraction of sp³-hybridized carbons (Fsp3) is 0.375. The molecule has 110 valence electrons. The van der Waals surface area contributed by atoms with Gasteiger partial charge in [-0.25, -0.2) is 0 Å². The number of thioether (sulfide) groups is 1. The number of aliphatic imine (C=N–C) groups is 1. The zero-order chi connectivity index (χ0) is 13.0. The van der Waals surface area contributed by atoms with Gasteiger partial charge in [-0.15, -0.1) is 6.42 Å². The number of benzene rings is 1. The summed E-state index contributed by atoms with van der Waals surface area (Å²) in [5, 5.41) is 0.660. The molecule has 1 atom stereocenters. The molecule has 1 aromatic rings. The van der Waals surface area contributed by atoms with Crippen molar-refractivity contribution in [2.24, 2.45) is 4.99 Å². The summed E-state index contributed by atoms with van der Waals surface area (Å²) in [6, 6.07) is 8.41. The largest absolute Gasteiger partial charge is 0.347 e. The number of hydrogen-bond donors (Lipinski definition) is 0. The quantitative estimate of drug-likeness (QED) is 0.582. The van der Waals surface area contributed by atoms with Crippen LogP contribution in [0.25, 0.3) is 5.57 Å². The summed E-state index contributed by atoms with van der Waals surface area (Å²) in [6.45, 7) is 6.48. The molecular weight excluding hydrogens is 411 g/mol. The van der Waals surface area contributed by atoms with Gasteiger partial charge in [-0.1, -0.05) is 31.2 Å². The molecular formula is C16H20NSYb-. The van der Waals surface area contributed by atoms with E-state index in [1.165, 1.54) is 16.8 Å². The minimum atomic E-state index is 0. The van der Waals surface area contributed by atoms with Crippen LogP contribution in [0.4, 0.5) is 5.69 Å². The molecule has 1 unspecified atom stereocenters. The second-order valence-corrected chi connectivity index (χ2v) is 6.10. The number of para-hydroxylation sites is 1. The summed E-state index contributed by atoms with van der Waals surface area (Å²) in [5.74, 6) is 2.28. The fourth-order valence-corrected chi connectivity index (χ4v) is 3.00. The Kier molecular flexibility index (Phi) is 8.05. The van der Waals surface area contributed by atoms with Crippen LogP contribution < -0.4 is 0 Å². The Bertz CT molecular complexity index is 479. The van der Waals surface area contributed by atoms with Crippen molar-refractivity contribution in [3.05, 3.63) is 41.7 Å². The molecule has 19 heavy (non-hydrogen) atoms. The second-order valence-electron chi connectivity index (χ2n) is 4.69. The molecule has 0 aliphatic carbocycles. The van der Waals surface area contributed by atoms with Crippen molar-refractivity contribution in [2.45, 2.75) is 38.9 Å². The average molecular weight is 431 g/mol. The third-order valence-corrected chi connectivity index (χ3v) is 4.20. The van der Waals surface area contributed by atoms with Gasteiger partial charge < -0.3 is 11.8 Å². The third-order valence-electron chi connectivity index (χ3n) is 3.21. The van der Waals surface area contributed by atoms with Crippen molar-refractivity contribution in [3.63, 3.8) is 0 Å². The maximum atomic E-state index is 4.87. The molecule has 0 amide bonds. The van der Waals surface area contributed by atoms with E-state index in [1.807, 2.05) is 11.8 Å². The van der Waals surface area contributed by atoms with Crippen LogP contribution in [0.15, 0.2) is 35.3 Å². The Balaban J connectivity index is 0.00000180. The van der Waals surface area contributed by atoms with Crippen molar-refractivity contribution in [1.29, 1.82) is 0 Å². The maximum absolute atomic E-state index is 4.87. The molecule has 1 aliphatic heterocycles. The van der Waals surface area contributed by atoms with Gasteiger partial charge >= 0.3 is 0 Å². The van der Waals surface area contributed by atoms with Gasteiger partial charge in [-0.2, -0.15) is 0 Å². The normalized spacial score (nSPS) is 22.2. The van der Waals surface area contributed by atoms with Gasteiger partial charge in [-0.05, 0) is 42.9 Å². The summed E-state index contributed by atoms with van der Waals surface area (Å²) in [4.78, 5) is 4.87. The monoisotopic (exact) mass is 432 g/mol. The smallest absolute Gasteiger partial charge is 0.0702 e. The van der Waals surface area contributed by atoms with Crippen molar-refractivity contribution in [1.82, 2.24) is 0 Å². The minimum Gasteiger partial charge on any atom is -0.347 e. The van der Waals surface area contributed by atoms with Gasteiger partial charge in [0.25, 0.3) is 0 Å². The first-order chi connectivity index (χ1) is 8.70. The van der Waals surface area contributed by atoms with Gasteiger partial charge in [-0.3, -0.25) is 10.7 Å². The Hall–Kier alpha value is 0.499. The number of rotatable bonds is 2. The molecule has 0 saturated carbocycles. The Labute approximate surface area is 159 Å². The molecule has 0 bridgehead atoms. The predicted molar refractivity (Wildman–Crippen MR) is 83.4 cm³/mol. The van der Waals surface area contributed by atoms with Gasteiger partial charge in [0.1, 0.15) is 0 Å². The summed E-state index contributed by atoms with van der Waals surface area (Å²) in [5.41, 5.74) is 4.95. The average Bonchev–Trinajstić information content (AvgIpc) is 2.38. The molecule has 1 saturated heterocycles. The number of nitrogens with zero attached hydrogens (tertiary/aromatic N) is 1. The van der Waals surface area contributed by atoms with Crippen LogP contribution in [0.3, 0.4) is 0 Å². The maximum Gasteiger partial charge on any atom is 0.0702 e. The van der Waals surface area contributed by atoms with Gasteiger partial charge in [0.2, 0.25) is 0 Å². The Morgan fingerprint density at radius 1 is 1.42 bits per heavy atom. The summed E-state index contributed by atoms with van der Waals surface area (Å²) >= 11 is 1.93. The summed E-state index contributed by atoms with van der Waals surface area (Å²) in [7, 11) is 0. The predicted octanol–water partition coefficient (Wildman–Crippen LogP) is 5.26. The molecule has 0 N–H and O–H groups in total. The minimum absolute atomic E-state index is 0. The van der Waals surface area contributed by atoms with E-state index in [2.05, 4.69) is 56.9 Å². The van der Waals surface area contributed by atoms with E-state index in [0.717, 1.165) is 18.5 Å². The van der Waals surface area contributed by atoms with Crippen LogP contribution in [0.2, 0.25) is 0 Å². The number of allylic oxidation sites excluding steroid dienone is 2. The molecule has 3 heteroatoms. The standard InChI is InChI=1S/C16H20NS.Yb/c1-4-12(2)15-7-5-6-8-16(15)17-14-9-10-18-13(3)11-14;/h4-8,10,13H,9,11H2,1-3H3;/q-1;/b12-4-,17-14?;. The van der Waals surface area contributed by atoms with Crippen LogP contribution in [-0.2, 0) is 0 Å². The topological polar surface area (TPSA) is 12.4 Å². The molecule has 1 aromatic carbocycles. The Morgan fingerprint density at radius 2 is 2.16 bits per heavy atom. The van der Waals surface area contributed by atoms with Crippen molar-refractivity contribution in [3.8, 4) is 0 Å². The molecule has 0 radical (unpaired) electrons. The van der Waals surface area contributed by atoms with Crippen LogP contribution >= 0.6 is 11.8 Å². The first kappa shape index (κ1) is 17.6. The third kappa shape index (κ3) is 5.08. The van der Waals surface area contributed by atoms with Crippen molar-refractivity contribution >= 4 is 28.7 Å². The number of hydrogen-bond acceptors (Lipinski definition) is 2. The first-order valence-corrected chi connectivity index (χ1v) is 7.41. The second kappa shape index (κ2) is 8.71. The fourth-order valence-electron chi connectivity index (χ4n) is 2.09. The van der Waals surface area contributed by atoms with E-state index in [0.29, 0.717) is 5.25 Å². The van der Waals surface area contributed by atoms with Gasteiger partial charge in [0.15, 0.2) is 0 Å². The van der Waals surface area contributed by atoms with Crippen molar-refractivity contribution in [2.75, 3.05) is 0 Å². The van der Waals surface area contributed by atoms with E-state index in [9.17, 15) is 0 Å². The van der Waals surface area contributed by atoms with E-state index < -0.39 is 0 Å². The zero-order valence-electron chi connectivity index (χ0n) is 11.6. The molecule has 2 rings (SSSR count). The molecule has 1 fully saturated rings. The van der Waals surface area contributed by atoms with E-state index in [1.54, 1.807) is 0 Å². The molecule has 1 heterocycles. The SMILES string of the molecule is C/C=C(/C)c1ccccc1N=C1C[CH-]SC(C)C1.[Yb]. The van der Waals surface area contributed by atoms with Crippen LogP contribution in [0, 0.1) is 52.7 Å². The summed E-state index contributed by atoms with van der Waals surface area (Å²) in [6.07, 6.45) is 4.26. The molecule has 0 spiro atoms. The van der Waals surface area contributed by atoms with E-state index in [4.69, 9.17) is 4.99 Å². The first-order valence-electron chi connectivity index (χ1n) is 6.46. The van der Waals surface area contributed by atoms with Gasteiger partial charge in [0.05, 0.1) is 5.69 Å². The van der Waals surface area contributed by atoms with Crippen molar-refractivity contribution < 1.29 is 46.9 Å². The van der Waals surface area contributed by atoms with Crippen LogP contribution in [0.1, 0.15) is 39.2 Å². The zero-order valence-corrected chi connectivity index (χ0v) is 14.1. The molecule has 0 aromatic heterocycles. The van der Waals surface area contributed by atoms with Crippen LogP contribution in [0.5, 0.6) is 0 Å². The summed E-state index contributed by atoms with van der Waals surface area (Å²) < 4.78 is 0. The molecule has 1 nitrogen and oxygen atoms in total. The Morgan fingerprint density at radius 3 is 2.84 bits per heavy atom.